The van der Waals surface area contributed by atoms with Gasteiger partial charge in [0.2, 0.25) is 18.0 Å². The van der Waals surface area contributed by atoms with E-state index in [1.54, 1.807) is 65.1 Å². The molecular weight excluding hydrogens is 590 g/mol. The molecular formula is C31H36ClN5O7. The summed E-state index contributed by atoms with van der Waals surface area (Å²) >= 11 is 6.15. The predicted octanol–water partition coefficient (Wildman–Crippen LogP) is 4.08. The summed E-state index contributed by atoms with van der Waals surface area (Å²) in [6.45, 7) is 8.41. The molecule has 1 atom stereocenters. The third-order valence-electron chi connectivity index (χ3n) is 7.29. The Hall–Kier alpha value is -4.42. The van der Waals surface area contributed by atoms with Crippen molar-refractivity contribution in [2.24, 2.45) is 5.92 Å². The average molecular weight is 626 g/mol. The number of carbonyl (C=O) groups excluding carboxylic acids is 4. The molecule has 2 aliphatic heterocycles. The van der Waals surface area contributed by atoms with Gasteiger partial charge in [-0.1, -0.05) is 17.7 Å². The van der Waals surface area contributed by atoms with Crippen molar-refractivity contribution in [3.8, 4) is 0 Å². The van der Waals surface area contributed by atoms with Gasteiger partial charge in [0.1, 0.15) is 11.2 Å². The molecule has 234 valence electrons. The third kappa shape index (κ3) is 6.27. The van der Waals surface area contributed by atoms with Gasteiger partial charge in [-0.15, -0.1) is 0 Å². The van der Waals surface area contributed by atoms with Crippen LogP contribution in [0.4, 0.5) is 16.2 Å². The molecule has 0 aliphatic carbocycles. The second kappa shape index (κ2) is 12.3. The van der Waals surface area contributed by atoms with Crippen LogP contribution in [0.25, 0.3) is 0 Å². The molecule has 44 heavy (non-hydrogen) atoms. The maximum atomic E-state index is 13.9. The van der Waals surface area contributed by atoms with Crippen LogP contribution in [0.2, 0.25) is 5.02 Å². The topological polar surface area (TPSA) is 153 Å². The first-order chi connectivity index (χ1) is 20.5. The fourth-order valence-electron chi connectivity index (χ4n) is 5.00. The summed E-state index contributed by atoms with van der Waals surface area (Å²) in [6, 6.07) is 9.54. The average Bonchev–Trinajstić information content (AvgIpc) is 2.89. The first kappa shape index (κ1) is 32.5. The molecule has 12 nitrogen and oxygen atoms in total. The summed E-state index contributed by atoms with van der Waals surface area (Å²) in [5, 5.41) is 22.4. The number of aliphatic hydroxyl groups is 1. The van der Waals surface area contributed by atoms with Crippen LogP contribution in [0, 0.1) is 18.3 Å². The molecule has 1 saturated heterocycles. The molecule has 2 amide bonds. The van der Waals surface area contributed by atoms with E-state index in [2.05, 4.69) is 5.32 Å². The number of amides is 2. The number of likely N-dealkylation sites (tertiary alicyclic amines) is 1. The van der Waals surface area contributed by atoms with E-state index in [1.807, 2.05) is 0 Å². The number of carbonyl (C=O) groups is 4. The number of halogens is 1. The number of benzene rings is 2. The van der Waals surface area contributed by atoms with Gasteiger partial charge >= 0.3 is 12.1 Å². The van der Waals surface area contributed by atoms with Crippen molar-refractivity contribution >= 4 is 52.4 Å². The molecule has 2 aromatic carbocycles. The monoisotopic (exact) mass is 625 g/mol. The van der Waals surface area contributed by atoms with Gasteiger partial charge in [0, 0.05) is 49.2 Å². The number of ether oxygens (including phenoxy) is 2. The van der Waals surface area contributed by atoms with E-state index in [0.29, 0.717) is 22.0 Å². The minimum Gasteiger partial charge on any atom is -0.444 e. The van der Waals surface area contributed by atoms with Gasteiger partial charge in [0.15, 0.2) is 0 Å². The molecule has 0 spiro atoms. The quantitative estimate of drug-likeness (QED) is 0.136. The lowest BCUT2D eigenvalue weighted by molar-refractivity contribution is -0.150. The Balaban J connectivity index is 1.63. The smallest absolute Gasteiger partial charge is 0.410 e. The molecule has 3 N–H and O–H groups in total. The fourth-order valence-corrected chi connectivity index (χ4v) is 5.18. The van der Waals surface area contributed by atoms with Crippen molar-refractivity contribution in [1.82, 2.24) is 10.2 Å². The van der Waals surface area contributed by atoms with E-state index in [9.17, 15) is 24.3 Å². The van der Waals surface area contributed by atoms with Crippen LogP contribution in [0.15, 0.2) is 47.9 Å². The van der Waals surface area contributed by atoms with Crippen LogP contribution >= 0.6 is 11.6 Å². The van der Waals surface area contributed by atoms with Crippen LogP contribution in [-0.4, -0.2) is 78.6 Å². The molecule has 2 heterocycles. The van der Waals surface area contributed by atoms with E-state index in [1.165, 1.54) is 34.7 Å². The summed E-state index contributed by atoms with van der Waals surface area (Å²) < 4.78 is 10.9. The molecule has 2 aliphatic rings. The van der Waals surface area contributed by atoms with Crippen LogP contribution < -0.4 is 15.1 Å². The number of aliphatic hydroxyl groups excluding tert-OH is 1. The molecule has 1 fully saturated rings. The van der Waals surface area contributed by atoms with Crippen molar-refractivity contribution in [3.63, 3.8) is 0 Å². The first-order valence-corrected chi connectivity index (χ1v) is 14.3. The number of hydrogen-bond acceptors (Lipinski definition) is 10. The molecule has 1 unspecified atom stereocenters. The number of Topliss-reactive ketones (excluding diaryl/α,β-unsaturated/α-hetero) is 1. The Morgan fingerprint density at radius 1 is 1.14 bits per heavy atom. The maximum Gasteiger partial charge on any atom is 0.410 e. The third-order valence-corrected chi connectivity index (χ3v) is 7.52. The number of allylic oxidation sites excluding steroid dienone is 1. The highest BCUT2D eigenvalue weighted by atomic mass is 35.5. The van der Waals surface area contributed by atoms with Crippen LogP contribution in [0.3, 0.4) is 0 Å². The van der Waals surface area contributed by atoms with Gasteiger partial charge in [-0.2, -0.15) is 0 Å². The summed E-state index contributed by atoms with van der Waals surface area (Å²) in [5.41, 5.74) is 0.336. The second-order valence-electron chi connectivity index (χ2n) is 11.7. The van der Waals surface area contributed by atoms with Crippen molar-refractivity contribution in [2.45, 2.75) is 46.6 Å². The van der Waals surface area contributed by atoms with Gasteiger partial charge in [-0.3, -0.25) is 19.3 Å². The minimum atomic E-state index is -1.33. The largest absolute Gasteiger partial charge is 0.444 e. The normalized spacial score (nSPS) is 17.3. The molecule has 4 rings (SSSR count). The van der Waals surface area contributed by atoms with Crippen LogP contribution in [0.5, 0.6) is 0 Å². The number of hydrogen-bond donors (Lipinski definition) is 3. The zero-order valence-corrected chi connectivity index (χ0v) is 26.4. The standard InChI is InChI=1S/C31H36ClN5O7/c1-16-21(11-12-22-23(16)27(39)37(29(41)35(22)7)20-10-8-9-19(32)13-20)25(38)24(17(2)33)26(34-6)43-28(40)18-14-36(15-18)30(42)44-31(3,4)5/h8-13,18,29,33-34,41H,14-15H2,1-7H3/b26-24-,33-17?. The van der Waals surface area contributed by atoms with E-state index in [4.69, 9.17) is 26.5 Å². The number of nitrogens with zero attached hydrogens (tertiary/aromatic N) is 3. The molecule has 0 saturated carbocycles. The van der Waals surface area contributed by atoms with Crippen molar-refractivity contribution in [3.05, 3.63) is 69.6 Å². The summed E-state index contributed by atoms with van der Waals surface area (Å²) in [4.78, 5) is 57.0. The van der Waals surface area contributed by atoms with Crippen LogP contribution in [-0.2, 0) is 14.3 Å². The Bertz CT molecular complexity index is 1580. The molecule has 2 aromatic rings. The highest BCUT2D eigenvalue weighted by molar-refractivity contribution is 6.31. The van der Waals surface area contributed by atoms with Gasteiger partial charge in [-0.25, -0.2) is 4.79 Å². The number of esters is 1. The Morgan fingerprint density at radius 3 is 2.36 bits per heavy atom. The second-order valence-corrected chi connectivity index (χ2v) is 12.1. The van der Waals surface area contributed by atoms with E-state index in [-0.39, 0.29) is 41.4 Å². The summed E-state index contributed by atoms with van der Waals surface area (Å²) in [6.07, 6.45) is -1.87. The van der Waals surface area contributed by atoms with Gasteiger partial charge in [0.05, 0.1) is 17.2 Å². The number of anilines is 2. The zero-order chi connectivity index (χ0) is 32.7. The van der Waals surface area contributed by atoms with E-state index >= 15 is 0 Å². The Kier molecular flexibility index (Phi) is 9.08. The lowest BCUT2D eigenvalue weighted by Crippen LogP contribution is -2.54. The lowest BCUT2D eigenvalue weighted by Gasteiger charge is -2.41. The number of rotatable bonds is 7. The number of ketones is 1. The fraction of sp³-hybridized carbons (Fsp3) is 0.387. The molecule has 0 aromatic heterocycles. The van der Waals surface area contributed by atoms with E-state index in [0.717, 1.165) is 0 Å². The first-order valence-electron chi connectivity index (χ1n) is 13.9. The summed E-state index contributed by atoms with van der Waals surface area (Å²) in [7, 11) is 3.07. The highest BCUT2D eigenvalue weighted by Crippen LogP contribution is 2.37. The van der Waals surface area contributed by atoms with Crippen molar-refractivity contribution < 1.29 is 33.8 Å². The molecule has 13 heteroatoms. The minimum absolute atomic E-state index is 0.0894. The van der Waals surface area contributed by atoms with E-state index < -0.39 is 41.6 Å². The number of nitrogens with one attached hydrogen (secondary N) is 2. The molecule has 0 bridgehead atoms. The van der Waals surface area contributed by atoms with Gasteiger partial charge in [0.25, 0.3) is 5.91 Å². The lowest BCUT2D eigenvalue weighted by atomic mass is 9.91. The van der Waals surface area contributed by atoms with Crippen molar-refractivity contribution in [2.75, 3.05) is 37.0 Å². The maximum absolute atomic E-state index is 13.9. The summed E-state index contributed by atoms with van der Waals surface area (Å²) in [5.74, 6) is -2.73. The van der Waals surface area contributed by atoms with Gasteiger partial charge < -0.3 is 35.1 Å². The zero-order valence-electron chi connectivity index (χ0n) is 25.6. The van der Waals surface area contributed by atoms with Crippen LogP contribution in [0.1, 0.15) is 54.0 Å². The Morgan fingerprint density at radius 2 is 1.80 bits per heavy atom. The van der Waals surface area contributed by atoms with Gasteiger partial charge in [-0.05, 0) is 70.5 Å². The van der Waals surface area contributed by atoms with Crippen molar-refractivity contribution in [1.29, 1.82) is 5.41 Å². The SMILES string of the molecule is CN/C(OC(=O)C1CN(C(=O)OC(C)(C)C)C1)=C(\C(C)=N)C(=O)c1ccc2c(c1C)C(=O)N(c1cccc(Cl)c1)C(O)N2C. The molecule has 0 radical (unpaired) electrons. The highest BCUT2D eigenvalue weighted by Gasteiger charge is 2.41. The number of fused-ring (bicyclic) bond motifs is 1. The predicted molar refractivity (Wildman–Crippen MR) is 165 cm³/mol. The Labute approximate surface area is 260 Å².